The Balaban J connectivity index is 2.08. The summed E-state index contributed by atoms with van der Waals surface area (Å²) in [7, 11) is 1.07. The van der Waals surface area contributed by atoms with E-state index >= 15 is 0 Å². The van der Waals surface area contributed by atoms with Crippen LogP contribution >= 0.6 is 0 Å². The van der Waals surface area contributed by atoms with E-state index in [2.05, 4.69) is 48.5 Å². The number of hydrogen-bond donors (Lipinski definition) is 2. The lowest BCUT2D eigenvalue weighted by atomic mass is 9.60. The summed E-state index contributed by atoms with van der Waals surface area (Å²) in [4.78, 5) is 0. The third-order valence-corrected chi connectivity index (χ3v) is 7.50. The van der Waals surface area contributed by atoms with Gasteiger partial charge in [0.1, 0.15) is 0 Å². The molecular formula is C27H38B2O4. The van der Waals surface area contributed by atoms with E-state index in [9.17, 15) is 10.2 Å². The number of fused-ring (bicyclic) bond motifs is 3. The molecule has 3 aromatic rings. The van der Waals surface area contributed by atoms with Crippen LogP contribution in [0.2, 0.25) is 0 Å². The first-order valence-corrected chi connectivity index (χ1v) is 11.8. The molecule has 0 saturated carbocycles. The van der Waals surface area contributed by atoms with E-state index in [0.29, 0.717) is 21.3 Å². The molecule has 2 N–H and O–H groups in total. The highest BCUT2D eigenvalue weighted by Gasteiger charge is 2.37. The molecule has 0 radical (unpaired) electrons. The lowest BCUT2D eigenvalue weighted by molar-refractivity contribution is -0.135. The Kier molecular flexibility index (Phi) is 7.08. The fourth-order valence-electron chi connectivity index (χ4n) is 3.75. The van der Waals surface area contributed by atoms with Gasteiger partial charge in [0.05, 0.1) is 22.4 Å². The maximum absolute atomic E-state index is 10.6. The fraction of sp³-hybridized carbons (Fsp3) is 0.481. The predicted octanol–water partition coefficient (Wildman–Crippen LogP) is 3.12. The van der Waals surface area contributed by atoms with E-state index in [0.717, 1.165) is 10.8 Å². The van der Waals surface area contributed by atoms with Gasteiger partial charge in [0.2, 0.25) is 0 Å². The van der Waals surface area contributed by atoms with Gasteiger partial charge in [0, 0.05) is 6.51 Å². The molecule has 33 heavy (non-hydrogen) atoms. The van der Waals surface area contributed by atoms with E-state index in [1.54, 1.807) is 27.7 Å². The van der Waals surface area contributed by atoms with Gasteiger partial charge in [-0.05, 0) is 76.9 Å². The average molecular weight is 448 g/mol. The van der Waals surface area contributed by atoms with E-state index in [1.165, 1.54) is 21.6 Å². The van der Waals surface area contributed by atoms with Crippen LogP contribution in [-0.2, 0) is 9.39 Å². The quantitative estimate of drug-likeness (QED) is 0.390. The van der Waals surface area contributed by atoms with Gasteiger partial charge in [-0.15, -0.1) is 0 Å². The maximum atomic E-state index is 10.6. The highest BCUT2D eigenvalue weighted by molar-refractivity contribution is 6.70. The van der Waals surface area contributed by atoms with Crippen LogP contribution in [-0.4, -0.2) is 53.9 Å². The number of hydrogen-bond acceptors (Lipinski definition) is 4. The van der Waals surface area contributed by atoms with Crippen molar-refractivity contribution in [3.05, 3.63) is 48.5 Å². The van der Waals surface area contributed by atoms with Crippen LogP contribution in [0.1, 0.15) is 55.4 Å². The number of aliphatic hydroxyl groups is 2. The molecule has 0 aromatic heterocycles. The molecule has 4 nitrogen and oxygen atoms in total. The second kappa shape index (κ2) is 9.07. The normalized spacial score (nSPS) is 13.5. The summed E-state index contributed by atoms with van der Waals surface area (Å²) in [6, 6.07) is 16.9. The summed E-state index contributed by atoms with van der Waals surface area (Å²) >= 11 is 0. The molecular weight excluding hydrogens is 410 g/mol. The zero-order valence-electron chi connectivity index (χ0n) is 21.5. The number of benzene rings is 3. The van der Waals surface area contributed by atoms with Gasteiger partial charge >= 0.3 is 7.48 Å². The van der Waals surface area contributed by atoms with Crippen molar-refractivity contribution in [1.29, 1.82) is 0 Å². The molecule has 0 spiro atoms. The molecule has 0 fully saturated rings. The SMILES string of the molecule is CC(C)(O)C(C)(C)OBc1c(BCOC(C)(C)C(C)(C)O)c2ccccc2c2ccccc12. The Hall–Kier alpha value is -1.85. The molecule has 0 atom stereocenters. The minimum atomic E-state index is -0.986. The molecule has 0 bridgehead atoms. The van der Waals surface area contributed by atoms with Crippen molar-refractivity contribution in [1.82, 2.24) is 0 Å². The van der Waals surface area contributed by atoms with Crippen LogP contribution < -0.4 is 10.9 Å². The predicted molar refractivity (Wildman–Crippen MR) is 143 cm³/mol. The zero-order chi connectivity index (χ0) is 24.7. The molecule has 3 aromatic carbocycles. The third kappa shape index (κ3) is 5.30. The molecule has 0 heterocycles. The van der Waals surface area contributed by atoms with Crippen LogP contribution in [0.3, 0.4) is 0 Å². The van der Waals surface area contributed by atoms with Crippen molar-refractivity contribution in [2.24, 2.45) is 0 Å². The first-order chi connectivity index (χ1) is 15.2. The number of ether oxygens (including phenoxy) is 1. The Labute approximate surface area is 199 Å². The molecule has 0 aliphatic rings. The van der Waals surface area contributed by atoms with E-state index in [-0.39, 0.29) is 0 Å². The van der Waals surface area contributed by atoms with Crippen LogP contribution in [0, 0.1) is 0 Å². The smallest absolute Gasteiger partial charge is 0.309 e. The van der Waals surface area contributed by atoms with Gasteiger partial charge in [-0.2, -0.15) is 0 Å². The lowest BCUT2D eigenvalue weighted by Gasteiger charge is -2.38. The van der Waals surface area contributed by atoms with Crippen molar-refractivity contribution < 1.29 is 19.6 Å². The topological polar surface area (TPSA) is 58.9 Å². The van der Waals surface area contributed by atoms with Gasteiger partial charge in [0.25, 0.3) is 0 Å². The lowest BCUT2D eigenvalue weighted by Crippen LogP contribution is -2.52. The van der Waals surface area contributed by atoms with Crippen molar-refractivity contribution in [2.45, 2.75) is 77.8 Å². The molecule has 176 valence electrons. The Morgan fingerprint density at radius 2 is 1.06 bits per heavy atom. The highest BCUT2D eigenvalue weighted by atomic mass is 16.5. The molecule has 0 aliphatic heterocycles. The molecule has 0 aliphatic carbocycles. The van der Waals surface area contributed by atoms with Gasteiger partial charge in [-0.25, -0.2) is 0 Å². The first-order valence-electron chi connectivity index (χ1n) is 11.8. The van der Waals surface area contributed by atoms with E-state index in [4.69, 9.17) is 9.39 Å². The van der Waals surface area contributed by atoms with Gasteiger partial charge in [0.15, 0.2) is 7.28 Å². The second-order valence-corrected chi connectivity index (χ2v) is 11.1. The summed E-state index contributed by atoms with van der Waals surface area (Å²) in [6.07, 6.45) is 0. The van der Waals surface area contributed by atoms with Gasteiger partial charge in [-0.1, -0.05) is 59.5 Å². The Morgan fingerprint density at radius 1 is 0.636 bits per heavy atom. The minimum absolute atomic E-state index is 0.382. The summed E-state index contributed by atoms with van der Waals surface area (Å²) in [5.74, 6) is 0. The number of rotatable bonds is 9. The van der Waals surface area contributed by atoms with Crippen molar-refractivity contribution >= 4 is 47.2 Å². The van der Waals surface area contributed by atoms with Crippen molar-refractivity contribution in [2.75, 3.05) is 6.51 Å². The van der Waals surface area contributed by atoms with Crippen molar-refractivity contribution in [3.8, 4) is 0 Å². The molecule has 3 rings (SSSR count). The Morgan fingerprint density at radius 3 is 1.52 bits per heavy atom. The Bertz CT molecular complexity index is 1120. The van der Waals surface area contributed by atoms with E-state index < -0.39 is 22.4 Å². The standard InChI is InChI=1S/C27H38B2O4/c1-24(2,30)26(5,6)32-17-28-22-20-15-11-9-13-18(20)19-14-10-12-16-21(19)23(22)29-33-27(7,8)25(3,4)31/h9-16,28-31H,17H2,1-8H3. The monoisotopic (exact) mass is 448 g/mol. The zero-order valence-corrected chi connectivity index (χ0v) is 21.5. The molecule has 0 saturated heterocycles. The summed E-state index contributed by atoms with van der Waals surface area (Å²) in [6.45, 7) is 15.3. The summed E-state index contributed by atoms with van der Waals surface area (Å²) in [5.41, 5.74) is -1.05. The summed E-state index contributed by atoms with van der Waals surface area (Å²) < 4.78 is 12.5. The molecule has 6 heteroatoms. The van der Waals surface area contributed by atoms with E-state index in [1.807, 2.05) is 27.7 Å². The second-order valence-electron chi connectivity index (χ2n) is 11.1. The third-order valence-electron chi connectivity index (χ3n) is 7.50. The largest absolute Gasteiger partial charge is 0.427 e. The van der Waals surface area contributed by atoms with Crippen LogP contribution in [0.4, 0.5) is 0 Å². The molecule has 0 unspecified atom stereocenters. The minimum Gasteiger partial charge on any atom is -0.427 e. The fourth-order valence-corrected chi connectivity index (χ4v) is 3.75. The highest BCUT2D eigenvalue weighted by Crippen LogP contribution is 2.27. The summed E-state index contributed by atoms with van der Waals surface area (Å²) in [5, 5.41) is 25.8. The van der Waals surface area contributed by atoms with Gasteiger partial charge < -0.3 is 19.6 Å². The first kappa shape index (κ1) is 25.8. The maximum Gasteiger partial charge on any atom is 0.309 e. The van der Waals surface area contributed by atoms with Gasteiger partial charge in [-0.3, -0.25) is 0 Å². The average Bonchev–Trinajstić information content (AvgIpc) is 2.71. The van der Waals surface area contributed by atoms with Crippen LogP contribution in [0.15, 0.2) is 48.5 Å². The molecule has 0 amide bonds. The van der Waals surface area contributed by atoms with Crippen LogP contribution in [0.5, 0.6) is 0 Å². The van der Waals surface area contributed by atoms with Crippen molar-refractivity contribution in [3.63, 3.8) is 0 Å². The van der Waals surface area contributed by atoms with Crippen LogP contribution in [0.25, 0.3) is 21.5 Å².